The van der Waals surface area contributed by atoms with Crippen LogP contribution >= 0.6 is 0 Å². The van der Waals surface area contributed by atoms with Gasteiger partial charge in [-0.3, -0.25) is 14.5 Å². The molecule has 2 amide bonds. The number of amides is 2. The maximum Gasteiger partial charge on any atom is 0.313 e. The largest absolute Gasteiger partial charge is 0.497 e. The molecule has 1 aliphatic rings. The van der Waals surface area contributed by atoms with Gasteiger partial charge in [-0.25, -0.2) is 0 Å². The first-order valence-corrected chi connectivity index (χ1v) is 10.2. The Balaban J connectivity index is 1.64. The maximum absolute atomic E-state index is 12.4. The lowest BCUT2D eigenvalue weighted by atomic mass is 10.1. The monoisotopic (exact) mass is 398 g/mol. The van der Waals surface area contributed by atoms with Crippen molar-refractivity contribution < 1.29 is 14.3 Å². The second-order valence-electron chi connectivity index (χ2n) is 7.41. The van der Waals surface area contributed by atoms with Crippen LogP contribution in [0, 0.1) is 0 Å². The molecule has 3 rings (SSSR count). The topological polar surface area (TPSA) is 75.6 Å². The van der Waals surface area contributed by atoms with Gasteiger partial charge in [0.1, 0.15) is 5.75 Å². The summed E-state index contributed by atoms with van der Waals surface area (Å²) in [7, 11) is 3.57. The molecule has 0 aliphatic carbocycles. The summed E-state index contributed by atoms with van der Waals surface area (Å²) in [5.41, 5.74) is 1.66. The molecule has 2 N–H and O–H groups in total. The number of nitrogens with zero attached hydrogens (tertiary/aromatic N) is 2. The third-order valence-electron chi connectivity index (χ3n) is 5.40. The van der Waals surface area contributed by atoms with Crippen molar-refractivity contribution in [2.75, 3.05) is 32.1 Å². The smallest absolute Gasteiger partial charge is 0.313 e. The predicted molar refractivity (Wildman–Crippen MR) is 113 cm³/mol. The van der Waals surface area contributed by atoms with Crippen LogP contribution in [0.2, 0.25) is 0 Å². The highest BCUT2D eigenvalue weighted by atomic mass is 16.5. The molecular formula is C22H30N4O3. The number of methoxy groups -OCH3 is 1. The average Bonchev–Trinajstić information content (AvgIpc) is 2.98. The lowest BCUT2D eigenvalue weighted by Gasteiger charge is -2.31. The Kier molecular flexibility index (Phi) is 7.30. The van der Waals surface area contributed by atoms with Crippen LogP contribution in [0.3, 0.4) is 0 Å². The minimum absolute atomic E-state index is 0.0432. The first kappa shape index (κ1) is 20.9. The number of rotatable bonds is 6. The van der Waals surface area contributed by atoms with Crippen LogP contribution in [-0.2, 0) is 16.6 Å². The molecule has 1 fully saturated rings. The molecule has 2 heterocycles. The molecule has 1 aromatic heterocycles. The van der Waals surface area contributed by atoms with Crippen molar-refractivity contribution >= 4 is 17.5 Å². The van der Waals surface area contributed by atoms with E-state index in [9.17, 15) is 9.59 Å². The SMILES string of the molecule is COc1cccc(NC(=O)C(=O)NC[C@H](c2cccn2C)N2CCCCCC2)c1. The zero-order valence-corrected chi connectivity index (χ0v) is 17.2. The summed E-state index contributed by atoms with van der Waals surface area (Å²) in [6, 6.07) is 11.1. The molecule has 0 radical (unpaired) electrons. The Morgan fingerprint density at radius 3 is 2.48 bits per heavy atom. The van der Waals surface area contributed by atoms with E-state index < -0.39 is 11.8 Å². The fraction of sp³-hybridized carbons (Fsp3) is 0.455. The van der Waals surface area contributed by atoms with E-state index in [0.29, 0.717) is 18.0 Å². The predicted octanol–water partition coefficient (Wildman–Crippen LogP) is 2.71. The standard InChI is InChI=1S/C22H30N4O3/c1-25-12-8-11-19(25)20(26-13-5-3-4-6-14-26)16-23-21(27)22(28)24-17-9-7-10-18(15-17)29-2/h7-12,15,20H,3-6,13-14,16H2,1-2H3,(H,23,27)(H,24,28)/t20-/m1/s1. The number of aryl methyl sites for hydroxylation is 1. The van der Waals surface area contributed by atoms with Crippen LogP contribution in [0.4, 0.5) is 5.69 Å². The van der Waals surface area contributed by atoms with E-state index in [-0.39, 0.29) is 6.04 Å². The van der Waals surface area contributed by atoms with Crippen molar-refractivity contribution in [1.29, 1.82) is 0 Å². The minimum Gasteiger partial charge on any atom is -0.497 e. The van der Waals surface area contributed by atoms with E-state index in [1.165, 1.54) is 12.8 Å². The van der Waals surface area contributed by atoms with Crippen LogP contribution in [0.5, 0.6) is 5.75 Å². The molecule has 7 nitrogen and oxygen atoms in total. The van der Waals surface area contributed by atoms with Gasteiger partial charge in [0.15, 0.2) is 0 Å². The lowest BCUT2D eigenvalue weighted by Crippen LogP contribution is -2.42. The first-order chi connectivity index (χ1) is 14.1. The number of likely N-dealkylation sites (tertiary alicyclic amines) is 1. The summed E-state index contributed by atoms with van der Waals surface area (Å²) in [5.74, 6) is -0.699. The highest BCUT2D eigenvalue weighted by Gasteiger charge is 2.25. The van der Waals surface area contributed by atoms with Gasteiger partial charge in [0, 0.05) is 37.2 Å². The quantitative estimate of drug-likeness (QED) is 0.734. The van der Waals surface area contributed by atoms with Crippen molar-refractivity contribution in [3.8, 4) is 5.75 Å². The van der Waals surface area contributed by atoms with Gasteiger partial charge in [-0.15, -0.1) is 0 Å². The van der Waals surface area contributed by atoms with Gasteiger partial charge < -0.3 is 19.9 Å². The molecule has 1 aliphatic heterocycles. The van der Waals surface area contributed by atoms with Crippen LogP contribution in [-0.4, -0.2) is 48.0 Å². The van der Waals surface area contributed by atoms with E-state index in [4.69, 9.17) is 4.74 Å². The number of carbonyl (C=O) groups excluding carboxylic acids is 2. The fourth-order valence-electron chi connectivity index (χ4n) is 3.81. The molecule has 0 unspecified atom stereocenters. The van der Waals surface area contributed by atoms with Crippen LogP contribution < -0.4 is 15.4 Å². The average molecular weight is 399 g/mol. The van der Waals surface area contributed by atoms with Crippen molar-refractivity contribution in [2.24, 2.45) is 7.05 Å². The Labute approximate surface area is 172 Å². The minimum atomic E-state index is -0.681. The van der Waals surface area contributed by atoms with Crippen molar-refractivity contribution in [3.63, 3.8) is 0 Å². The number of aromatic nitrogens is 1. The molecule has 2 aromatic rings. The van der Waals surface area contributed by atoms with Crippen molar-refractivity contribution in [1.82, 2.24) is 14.8 Å². The van der Waals surface area contributed by atoms with Gasteiger partial charge in [0.2, 0.25) is 0 Å². The third-order valence-corrected chi connectivity index (χ3v) is 5.40. The van der Waals surface area contributed by atoms with Crippen LogP contribution in [0.1, 0.15) is 37.4 Å². The summed E-state index contributed by atoms with van der Waals surface area (Å²) in [6.07, 6.45) is 6.81. The first-order valence-electron chi connectivity index (χ1n) is 10.2. The summed E-state index contributed by atoms with van der Waals surface area (Å²) in [4.78, 5) is 27.2. The second kappa shape index (κ2) is 10.1. The zero-order valence-electron chi connectivity index (χ0n) is 17.2. The van der Waals surface area contributed by atoms with E-state index in [1.54, 1.807) is 31.4 Å². The molecule has 0 saturated carbocycles. The molecule has 0 bridgehead atoms. The van der Waals surface area contributed by atoms with Gasteiger partial charge >= 0.3 is 11.8 Å². The number of nitrogens with one attached hydrogen (secondary N) is 2. The van der Waals surface area contributed by atoms with Gasteiger partial charge in [-0.1, -0.05) is 18.9 Å². The molecule has 156 valence electrons. The number of hydrogen-bond acceptors (Lipinski definition) is 4. The van der Waals surface area contributed by atoms with Gasteiger partial charge in [0.25, 0.3) is 0 Å². The number of hydrogen-bond donors (Lipinski definition) is 2. The molecule has 29 heavy (non-hydrogen) atoms. The number of ether oxygens (including phenoxy) is 1. The Morgan fingerprint density at radius 1 is 1.07 bits per heavy atom. The van der Waals surface area contributed by atoms with E-state index in [2.05, 4.69) is 26.2 Å². The Hall–Kier alpha value is -2.80. The highest BCUT2D eigenvalue weighted by Crippen LogP contribution is 2.24. The lowest BCUT2D eigenvalue weighted by molar-refractivity contribution is -0.136. The highest BCUT2D eigenvalue weighted by molar-refractivity contribution is 6.39. The molecule has 7 heteroatoms. The summed E-state index contributed by atoms with van der Waals surface area (Å²) in [5, 5.41) is 5.45. The fourth-order valence-corrected chi connectivity index (χ4v) is 3.81. The van der Waals surface area contributed by atoms with Gasteiger partial charge in [-0.05, 0) is 50.2 Å². The maximum atomic E-state index is 12.4. The summed E-state index contributed by atoms with van der Waals surface area (Å²) in [6.45, 7) is 2.39. The van der Waals surface area contributed by atoms with E-state index >= 15 is 0 Å². The normalized spacial score (nSPS) is 15.9. The molecule has 0 spiro atoms. The van der Waals surface area contributed by atoms with Crippen LogP contribution in [0.25, 0.3) is 0 Å². The molecular weight excluding hydrogens is 368 g/mol. The summed E-state index contributed by atoms with van der Waals surface area (Å²) >= 11 is 0. The van der Waals surface area contributed by atoms with Gasteiger partial charge in [0.05, 0.1) is 13.2 Å². The van der Waals surface area contributed by atoms with Crippen molar-refractivity contribution in [2.45, 2.75) is 31.7 Å². The third kappa shape index (κ3) is 5.60. The Bertz CT molecular complexity index is 825. The molecule has 1 atom stereocenters. The molecule has 1 saturated heterocycles. The summed E-state index contributed by atoms with van der Waals surface area (Å²) < 4.78 is 7.23. The number of anilines is 1. The van der Waals surface area contributed by atoms with Gasteiger partial charge in [-0.2, -0.15) is 0 Å². The second-order valence-corrected chi connectivity index (χ2v) is 7.41. The van der Waals surface area contributed by atoms with E-state index in [1.807, 2.05) is 19.3 Å². The zero-order chi connectivity index (χ0) is 20.6. The number of carbonyl (C=O) groups is 2. The van der Waals surface area contributed by atoms with Crippen LogP contribution in [0.15, 0.2) is 42.6 Å². The van der Waals surface area contributed by atoms with E-state index in [0.717, 1.165) is 31.6 Å². The van der Waals surface area contributed by atoms with Crippen molar-refractivity contribution in [3.05, 3.63) is 48.3 Å². The Morgan fingerprint density at radius 2 is 1.83 bits per heavy atom. The number of benzene rings is 1. The molecule has 1 aromatic carbocycles.